The molecular formula is C29H42O7. The van der Waals surface area contributed by atoms with Gasteiger partial charge in [-0.2, -0.15) is 0 Å². The molecule has 200 valence electrons. The number of furan rings is 1. The summed E-state index contributed by atoms with van der Waals surface area (Å²) in [6, 6.07) is 3.25. The van der Waals surface area contributed by atoms with E-state index in [-0.39, 0.29) is 42.2 Å². The molecular weight excluding hydrogens is 460 g/mol. The standard InChI is InChI=1S/C29H40O7.H2/c1-4-27-12-8-19-15-20(31)9-11-26(19,3)24(27)21(32)16-28(5-2)23(27)10-13-29(28,17-34-18-30)36-25(33)22-7-6-14-35-22;/h6-7,14-15,21,23-24,30,32H,4-5,8-13,16-18H2,1-3H3;1H/t21-,23-,24+,26-,27-,28-,29-;/m0./s1. The molecule has 0 unspecified atom stereocenters. The molecule has 1 heterocycles. The Balaban J connectivity index is 0.00000320. The van der Waals surface area contributed by atoms with Crippen molar-refractivity contribution in [2.75, 3.05) is 13.4 Å². The SMILES string of the molecule is CC[C@@]12CCC3=CC(=O)CC[C@]3(C)[C@H]1[C@@H](O)C[C@@]1(CC)[C@H]2CC[C@@]1(COCO)OC(=O)c1ccco1.[HH]. The lowest BCUT2D eigenvalue weighted by molar-refractivity contribution is -0.234. The zero-order chi connectivity index (χ0) is 25.8. The van der Waals surface area contributed by atoms with E-state index in [1.54, 1.807) is 12.1 Å². The summed E-state index contributed by atoms with van der Waals surface area (Å²) < 4.78 is 17.3. The Bertz CT molecular complexity index is 1040. The zero-order valence-corrected chi connectivity index (χ0v) is 21.8. The van der Waals surface area contributed by atoms with Crippen LogP contribution in [-0.2, 0) is 14.3 Å². The van der Waals surface area contributed by atoms with Crippen molar-refractivity contribution in [3.63, 3.8) is 0 Å². The number of aliphatic hydroxyl groups is 2. The van der Waals surface area contributed by atoms with Crippen molar-refractivity contribution in [1.29, 1.82) is 0 Å². The van der Waals surface area contributed by atoms with E-state index in [2.05, 4.69) is 20.8 Å². The van der Waals surface area contributed by atoms with E-state index in [1.165, 1.54) is 11.8 Å². The average molecular weight is 503 g/mol. The van der Waals surface area contributed by atoms with E-state index in [0.717, 1.165) is 38.5 Å². The van der Waals surface area contributed by atoms with Crippen molar-refractivity contribution < 1.29 is 35.1 Å². The average Bonchev–Trinajstić information content (AvgIpc) is 3.51. The number of carbonyl (C=O) groups excluding carboxylic acids is 2. The molecule has 1 aromatic heterocycles. The number of ketones is 1. The van der Waals surface area contributed by atoms with Gasteiger partial charge in [0.05, 0.1) is 19.0 Å². The highest BCUT2D eigenvalue weighted by Gasteiger charge is 2.73. The highest BCUT2D eigenvalue weighted by Crippen LogP contribution is 2.74. The first kappa shape index (κ1) is 25.7. The van der Waals surface area contributed by atoms with Gasteiger partial charge in [-0.25, -0.2) is 4.79 Å². The molecule has 0 bridgehead atoms. The molecule has 0 spiro atoms. The lowest BCUT2D eigenvalue weighted by Crippen LogP contribution is -2.66. The second-order valence-corrected chi connectivity index (χ2v) is 11.8. The third-order valence-electron chi connectivity index (χ3n) is 10.9. The zero-order valence-electron chi connectivity index (χ0n) is 21.8. The van der Waals surface area contributed by atoms with Gasteiger partial charge in [-0.15, -0.1) is 0 Å². The van der Waals surface area contributed by atoms with Crippen LogP contribution in [0.15, 0.2) is 34.5 Å². The van der Waals surface area contributed by atoms with Crippen molar-refractivity contribution in [1.82, 2.24) is 0 Å². The van der Waals surface area contributed by atoms with Crippen LogP contribution in [0.25, 0.3) is 0 Å². The maximum absolute atomic E-state index is 13.2. The fraction of sp³-hybridized carbons (Fsp3) is 0.724. The first-order valence-corrected chi connectivity index (χ1v) is 13.6. The van der Waals surface area contributed by atoms with Crippen LogP contribution in [0.5, 0.6) is 0 Å². The van der Waals surface area contributed by atoms with Crippen LogP contribution in [0.1, 0.15) is 90.5 Å². The van der Waals surface area contributed by atoms with Crippen molar-refractivity contribution in [2.45, 2.75) is 90.3 Å². The molecule has 36 heavy (non-hydrogen) atoms. The molecule has 3 fully saturated rings. The minimum Gasteiger partial charge on any atom is -0.457 e. The molecule has 2 N–H and O–H groups in total. The lowest BCUT2D eigenvalue weighted by Gasteiger charge is -2.67. The minimum absolute atomic E-state index is 0. The molecule has 3 saturated carbocycles. The number of rotatable bonds is 7. The summed E-state index contributed by atoms with van der Waals surface area (Å²) in [7, 11) is 0. The van der Waals surface area contributed by atoms with Gasteiger partial charge in [-0.05, 0) is 92.2 Å². The summed E-state index contributed by atoms with van der Waals surface area (Å²) in [4.78, 5) is 25.5. The van der Waals surface area contributed by atoms with E-state index in [4.69, 9.17) is 13.9 Å². The van der Waals surface area contributed by atoms with Gasteiger partial charge in [0, 0.05) is 13.3 Å². The second-order valence-electron chi connectivity index (χ2n) is 11.8. The number of allylic oxidation sites excluding steroid dienone is 1. The smallest absolute Gasteiger partial charge is 0.374 e. The molecule has 1 aromatic rings. The molecule has 7 atom stereocenters. The molecule has 0 radical (unpaired) electrons. The van der Waals surface area contributed by atoms with E-state index in [1.807, 2.05) is 6.08 Å². The maximum Gasteiger partial charge on any atom is 0.374 e. The number of carbonyl (C=O) groups is 2. The fourth-order valence-electron chi connectivity index (χ4n) is 9.51. The summed E-state index contributed by atoms with van der Waals surface area (Å²) >= 11 is 0. The van der Waals surface area contributed by atoms with Gasteiger partial charge < -0.3 is 24.1 Å². The normalized spacial score (nSPS) is 41.8. The predicted molar refractivity (Wildman–Crippen MR) is 134 cm³/mol. The highest BCUT2D eigenvalue weighted by atomic mass is 16.6. The van der Waals surface area contributed by atoms with Crippen LogP contribution >= 0.6 is 0 Å². The van der Waals surface area contributed by atoms with Gasteiger partial charge in [0.2, 0.25) is 5.76 Å². The molecule has 0 aromatic carbocycles. The minimum atomic E-state index is -0.979. The molecule has 0 amide bonds. The van der Waals surface area contributed by atoms with Crippen LogP contribution in [0, 0.1) is 28.1 Å². The van der Waals surface area contributed by atoms with Crippen molar-refractivity contribution in [3.05, 3.63) is 35.8 Å². The van der Waals surface area contributed by atoms with Gasteiger partial charge in [-0.3, -0.25) is 4.79 Å². The van der Waals surface area contributed by atoms with Crippen LogP contribution in [-0.4, -0.2) is 47.1 Å². The number of aliphatic hydroxyl groups excluding tert-OH is 2. The third kappa shape index (κ3) is 3.42. The van der Waals surface area contributed by atoms with Crippen molar-refractivity contribution in [3.8, 4) is 0 Å². The Morgan fingerprint density at radius 3 is 2.69 bits per heavy atom. The van der Waals surface area contributed by atoms with Crippen LogP contribution < -0.4 is 0 Å². The predicted octanol–water partition coefficient (Wildman–Crippen LogP) is 5.06. The van der Waals surface area contributed by atoms with Crippen LogP contribution in [0.3, 0.4) is 0 Å². The number of esters is 1. The third-order valence-corrected chi connectivity index (χ3v) is 10.9. The topological polar surface area (TPSA) is 106 Å². The van der Waals surface area contributed by atoms with E-state index < -0.39 is 29.9 Å². The van der Waals surface area contributed by atoms with E-state index in [9.17, 15) is 19.8 Å². The second kappa shape index (κ2) is 9.10. The van der Waals surface area contributed by atoms with Crippen LogP contribution in [0.2, 0.25) is 0 Å². The molecule has 0 aliphatic heterocycles. The van der Waals surface area contributed by atoms with Gasteiger partial charge >= 0.3 is 5.97 Å². The maximum atomic E-state index is 13.2. The van der Waals surface area contributed by atoms with E-state index >= 15 is 0 Å². The Hall–Kier alpha value is -1.96. The number of fused-ring (bicyclic) bond motifs is 5. The highest BCUT2D eigenvalue weighted by molar-refractivity contribution is 5.91. The largest absolute Gasteiger partial charge is 0.457 e. The molecule has 4 aliphatic rings. The number of hydrogen-bond acceptors (Lipinski definition) is 7. The van der Waals surface area contributed by atoms with Gasteiger partial charge in [-0.1, -0.05) is 26.3 Å². The number of ether oxygens (including phenoxy) is 2. The number of hydrogen-bond donors (Lipinski definition) is 2. The molecule has 7 nitrogen and oxygen atoms in total. The van der Waals surface area contributed by atoms with Crippen molar-refractivity contribution in [2.24, 2.45) is 28.1 Å². The lowest BCUT2D eigenvalue weighted by atomic mass is 9.38. The Kier molecular flexibility index (Phi) is 6.49. The fourth-order valence-corrected chi connectivity index (χ4v) is 9.51. The Labute approximate surface area is 214 Å². The van der Waals surface area contributed by atoms with E-state index in [0.29, 0.717) is 19.3 Å². The molecule has 0 saturated heterocycles. The van der Waals surface area contributed by atoms with Crippen LogP contribution in [0.4, 0.5) is 0 Å². The summed E-state index contributed by atoms with van der Waals surface area (Å²) in [6.07, 6.45) is 9.40. The summed E-state index contributed by atoms with van der Waals surface area (Å²) in [5.41, 5.74) is -0.629. The Morgan fingerprint density at radius 2 is 2.03 bits per heavy atom. The Morgan fingerprint density at radius 1 is 1.22 bits per heavy atom. The van der Waals surface area contributed by atoms with Crippen molar-refractivity contribution >= 4 is 11.8 Å². The summed E-state index contributed by atoms with van der Waals surface area (Å²) in [5.74, 6) is 0.0629. The first-order chi connectivity index (χ1) is 17.2. The van der Waals surface area contributed by atoms with Gasteiger partial charge in [0.15, 0.2) is 5.78 Å². The quantitative estimate of drug-likeness (QED) is 0.396. The first-order valence-electron chi connectivity index (χ1n) is 13.6. The molecule has 5 rings (SSSR count). The summed E-state index contributed by atoms with van der Waals surface area (Å²) in [6.45, 7) is 6.23. The van der Waals surface area contributed by atoms with Gasteiger partial charge in [0.1, 0.15) is 12.4 Å². The molecule has 4 aliphatic carbocycles. The molecule has 7 heteroatoms. The summed E-state index contributed by atoms with van der Waals surface area (Å²) in [5, 5.41) is 21.6. The van der Waals surface area contributed by atoms with Gasteiger partial charge in [0.25, 0.3) is 0 Å². The monoisotopic (exact) mass is 502 g/mol.